The molecular formula is C52H48N6O. The van der Waals surface area contributed by atoms with Crippen LogP contribution in [0.4, 0.5) is 0 Å². The van der Waals surface area contributed by atoms with Gasteiger partial charge in [-0.3, -0.25) is 8.80 Å². The van der Waals surface area contributed by atoms with E-state index in [0.29, 0.717) is 23.7 Å². The molecule has 0 spiro atoms. The molecule has 6 aromatic heterocycles. The fraction of sp³-hybridized carbons (Fsp3) is 0.231. The maximum absolute atomic E-state index is 6.66. The molecule has 0 amide bonds. The smallest absolute Gasteiger partial charge is 0.146 e. The minimum atomic E-state index is 0.374. The van der Waals surface area contributed by atoms with Crippen molar-refractivity contribution in [2.75, 3.05) is 0 Å². The van der Waals surface area contributed by atoms with E-state index in [9.17, 15) is 0 Å². The second kappa shape index (κ2) is 14.0. The van der Waals surface area contributed by atoms with Gasteiger partial charge in [-0.25, -0.2) is 19.9 Å². The molecule has 0 aliphatic rings. The van der Waals surface area contributed by atoms with Gasteiger partial charge in [-0.1, -0.05) is 91.8 Å². The van der Waals surface area contributed by atoms with E-state index >= 15 is 0 Å². The highest BCUT2D eigenvalue weighted by atomic mass is 16.5. The fourth-order valence-corrected chi connectivity index (χ4v) is 9.15. The van der Waals surface area contributed by atoms with Crippen LogP contribution in [0.3, 0.4) is 0 Å². The molecule has 10 rings (SSSR count). The van der Waals surface area contributed by atoms with E-state index in [2.05, 4.69) is 149 Å². The molecular weight excluding hydrogens is 725 g/mol. The van der Waals surface area contributed by atoms with Crippen molar-refractivity contribution in [1.29, 1.82) is 0 Å². The van der Waals surface area contributed by atoms with Crippen molar-refractivity contribution in [3.05, 3.63) is 144 Å². The Morgan fingerprint density at radius 1 is 0.407 bits per heavy atom. The van der Waals surface area contributed by atoms with Crippen LogP contribution in [-0.2, 0) is 0 Å². The third-order valence-electron chi connectivity index (χ3n) is 12.0. The van der Waals surface area contributed by atoms with Gasteiger partial charge in [0.1, 0.15) is 34.1 Å². The van der Waals surface area contributed by atoms with Gasteiger partial charge in [0, 0.05) is 57.5 Å². The second-order valence-corrected chi connectivity index (χ2v) is 17.1. The Kier molecular flexibility index (Phi) is 8.74. The van der Waals surface area contributed by atoms with Crippen molar-refractivity contribution >= 4 is 54.9 Å². The van der Waals surface area contributed by atoms with Crippen LogP contribution in [-0.4, -0.2) is 28.7 Å². The van der Waals surface area contributed by atoms with Gasteiger partial charge in [0.15, 0.2) is 0 Å². The van der Waals surface area contributed by atoms with E-state index in [1.54, 1.807) is 0 Å². The summed E-state index contributed by atoms with van der Waals surface area (Å²) in [5.41, 5.74) is 13.2. The fourth-order valence-electron chi connectivity index (χ4n) is 9.15. The first-order valence-corrected chi connectivity index (χ1v) is 20.9. The minimum Gasteiger partial charge on any atom is -0.457 e. The maximum atomic E-state index is 6.66. The first kappa shape index (κ1) is 36.7. The van der Waals surface area contributed by atoms with Gasteiger partial charge in [-0.15, -0.1) is 0 Å². The highest BCUT2D eigenvalue weighted by molar-refractivity contribution is 6.12. The van der Waals surface area contributed by atoms with E-state index in [1.165, 1.54) is 33.4 Å². The summed E-state index contributed by atoms with van der Waals surface area (Å²) in [5.74, 6) is 2.96. The van der Waals surface area contributed by atoms with Gasteiger partial charge in [-0.05, 0) is 117 Å². The third-order valence-corrected chi connectivity index (χ3v) is 12.0. The lowest BCUT2D eigenvalue weighted by molar-refractivity contribution is 0.484. The molecule has 7 nitrogen and oxygen atoms in total. The molecule has 6 heterocycles. The molecule has 0 fully saturated rings. The quantitative estimate of drug-likeness (QED) is 0.144. The summed E-state index contributed by atoms with van der Waals surface area (Å²) in [6.45, 7) is 18.0. The van der Waals surface area contributed by atoms with Crippen molar-refractivity contribution in [3.8, 4) is 34.0 Å². The van der Waals surface area contributed by atoms with E-state index in [4.69, 9.17) is 24.7 Å². The van der Waals surface area contributed by atoms with E-state index < -0.39 is 0 Å². The largest absolute Gasteiger partial charge is 0.457 e. The van der Waals surface area contributed by atoms with E-state index in [1.807, 2.05) is 36.9 Å². The average Bonchev–Trinajstić information content (AvgIpc) is 3.95. The molecule has 0 atom stereocenters. The predicted octanol–water partition coefficient (Wildman–Crippen LogP) is 14.0. The number of hydrogen-bond acceptors (Lipinski definition) is 5. The van der Waals surface area contributed by atoms with Crippen molar-refractivity contribution in [3.63, 3.8) is 0 Å². The molecule has 0 aliphatic carbocycles. The van der Waals surface area contributed by atoms with Crippen LogP contribution in [0.15, 0.2) is 122 Å². The van der Waals surface area contributed by atoms with Gasteiger partial charge < -0.3 is 4.74 Å². The Hall–Kier alpha value is -6.60. The maximum Gasteiger partial charge on any atom is 0.146 e. The lowest BCUT2D eigenvalue weighted by Gasteiger charge is -2.20. The summed E-state index contributed by atoms with van der Waals surface area (Å²) in [7, 11) is 0. The van der Waals surface area contributed by atoms with Gasteiger partial charge in [0.2, 0.25) is 0 Å². The highest BCUT2D eigenvalue weighted by Crippen LogP contribution is 2.41. The number of fused-ring (bicyclic) bond motifs is 12. The molecule has 0 radical (unpaired) electrons. The van der Waals surface area contributed by atoms with Crippen molar-refractivity contribution in [2.45, 2.75) is 79.1 Å². The van der Waals surface area contributed by atoms with Crippen LogP contribution in [0.5, 0.6) is 11.5 Å². The Morgan fingerprint density at radius 3 is 1.15 bits per heavy atom. The van der Waals surface area contributed by atoms with Gasteiger partial charge >= 0.3 is 0 Å². The molecule has 59 heavy (non-hydrogen) atoms. The van der Waals surface area contributed by atoms with Crippen LogP contribution in [0, 0.1) is 0 Å². The molecule has 292 valence electrons. The Labute approximate surface area is 344 Å². The third kappa shape index (κ3) is 5.93. The Morgan fingerprint density at radius 2 is 0.780 bits per heavy atom. The Balaban J connectivity index is 1.06. The SMILES string of the molecule is CC(C)c1cccc(C(C)C)c1-c1ccc2c3ccc(Oc4ccc5c(c4)c4nccn4c4nc(-c6c(C(C)C)cccc6C(C)C)ccc54)cc3c3nccn3c2n1. The summed E-state index contributed by atoms with van der Waals surface area (Å²) in [6, 6.07) is 34.7. The van der Waals surface area contributed by atoms with E-state index in [0.717, 1.165) is 77.8 Å². The molecule has 0 saturated heterocycles. The van der Waals surface area contributed by atoms with Gasteiger partial charge in [-0.2, -0.15) is 0 Å². The molecule has 0 saturated carbocycles. The zero-order valence-corrected chi connectivity index (χ0v) is 34.9. The first-order valence-electron chi connectivity index (χ1n) is 20.9. The van der Waals surface area contributed by atoms with Gasteiger partial charge in [0.05, 0.1) is 11.4 Å². The molecule has 10 aromatic rings. The minimum absolute atomic E-state index is 0.374. The highest BCUT2D eigenvalue weighted by Gasteiger charge is 2.21. The summed E-state index contributed by atoms with van der Waals surface area (Å²) in [4.78, 5) is 20.4. The lowest BCUT2D eigenvalue weighted by atomic mass is 9.87. The van der Waals surface area contributed by atoms with Crippen LogP contribution in [0.1, 0.15) is 101 Å². The number of ether oxygens (including phenoxy) is 1. The first-order chi connectivity index (χ1) is 28.6. The Bertz CT molecular complexity index is 3010. The van der Waals surface area contributed by atoms with Crippen LogP contribution in [0.25, 0.3) is 77.4 Å². The number of benzene rings is 4. The second-order valence-electron chi connectivity index (χ2n) is 17.1. The zero-order chi connectivity index (χ0) is 40.7. The molecule has 0 bridgehead atoms. The standard InChI is InChI=1S/C52H48N6O/c1-29(2)35-11-9-12-36(30(3)4)47(35)45-21-19-41-39-17-15-33(27-43(39)49-53-23-25-57(49)51(41)55-45)59-34-16-18-40-42-20-22-46(48-37(31(5)6)13-10-14-38(48)32(7)8)56-52(42)58-26-24-54-50(58)44(40)28-34/h9-32H,1-8H3. The monoisotopic (exact) mass is 772 g/mol. The summed E-state index contributed by atoms with van der Waals surface area (Å²) in [5, 5.41) is 6.31. The number of hydrogen-bond donors (Lipinski definition) is 0. The summed E-state index contributed by atoms with van der Waals surface area (Å²) < 4.78 is 10.9. The molecule has 0 unspecified atom stereocenters. The van der Waals surface area contributed by atoms with Crippen molar-refractivity contribution < 1.29 is 4.74 Å². The topological polar surface area (TPSA) is 69.6 Å². The van der Waals surface area contributed by atoms with Crippen LogP contribution < -0.4 is 4.74 Å². The lowest BCUT2D eigenvalue weighted by Crippen LogP contribution is -2.02. The summed E-state index contributed by atoms with van der Waals surface area (Å²) >= 11 is 0. The predicted molar refractivity (Wildman–Crippen MR) is 243 cm³/mol. The van der Waals surface area contributed by atoms with E-state index in [-0.39, 0.29) is 0 Å². The normalized spacial score (nSPS) is 12.3. The van der Waals surface area contributed by atoms with Crippen molar-refractivity contribution in [1.82, 2.24) is 28.7 Å². The summed E-state index contributed by atoms with van der Waals surface area (Å²) in [6.07, 6.45) is 7.72. The van der Waals surface area contributed by atoms with Crippen molar-refractivity contribution in [2.24, 2.45) is 0 Å². The van der Waals surface area contributed by atoms with Crippen LogP contribution >= 0.6 is 0 Å². The number of aromatic nitrogens is 6. The van der Waals surface area contributed by atoms with Crippen LogP contribution in [0.2, 0.25) is 0 Å². The number of nitrogens with zero attached hydrogens (tertiary/aromatic N) is 6. The number of rotatable bonds is 8. The molecule has 7 heteroatoms. The van der Waals surface area contributed by atoms with Gasteiger partial charge in [0.25, 0.3) is 0 Å². The number of imidazole rings is 2. The molecule has 0 N–H and O–H groups in total. The molecule has 4 aromatic carbocycles. The average molecular weight is 773 g/mol. The molecule has 0 aliphatic heterocycles. The zero-order valence-electron chi connectivity index (χ0n) is 34.9. The number of pyridine rings is 4.